The van der Waals surface area contributed by atoms with Crippen LogP contribution in [-0.2, 0) is 101 Å². The van der Waals surface area contributed by atoms with Crippen LogP contribution in [0.1, 0.15) is 90.3 Å². The minimum atomic E-state index is -1.73. The van der Waals surface area contributed by atoms with Gasteiger partial charge in [-0.1, -0.05) is 114 Å². The molecule has 802 valence electrons. The van der Waals surface area contributed by atoms with Gasteiger partial charge in [0.25, 0.3) is 0 Å². The summed E-state index contributed by atoms with van der Waals surface area (Å²) in [5, 5.41) is 127. The van der Waals surface area contributed by atoms with Gasteiger partial charge in [-0.05, 0) is 153 Å². The van der Waals surface area contributed by atoms with Crippen molar-refractivity contribution in [2.45, 2.75) is 178 Å². The van der Waals surface area contributed by atoms with Crippen molar-refractivity contribution in [2.24, 2.45) is 5.92 Å². The van der Waals surface area contributed by atoms with Crippen molar-refractivity contribution in [1.82, 2.24) is 105 Å². The molecular formula is C96H156N20O25S2. The number of likely N-dealkylation sites (N-methyl/N-ethyl adjacent to an activating group) is 5. The minimum absolute atomic E-state index is 0.00492. The lowest BCUT2D eigenvalue weighted by atomic mass is 10.00. The third-order valence-corrected chi connectivity index (χ3v) is 24.8. The molecule has 2 aliphatic heterocycles. The standard InChI is InChI=1S/C40H56N8O12S2.C35H55N7O8.C21H45N5O5/c1-21-19-61-62-20-30(46-39(59)31-5-4-14-48(31)3)38(58)45-29(17-33(53)54)37(57)44-28(16-24-8-12-26(51)13-9-24)36(56)43-27(15-23-6-10-25(50)11-7-23)35(55)41-18-32(52)47-34(22(2)49)40(60)42-21;1-26(43)40-30(23-27-9-11-29(12-10-27)28-7-5-4-6-8-28)35(48)41-31(24-33(45)46)34(47)39-16-20-50-22-21-49-19-15-38-32(44)25-42(17-13-36-2)18-14-37-3;1-17(2)14-19(18(3)27)25-21(29)16-31-13-12-30-11-8-24-20(28)15-26(9-6-22-4)10-7-23-5/h6-13,21-22,27-31,34,39,46,49-51,59H,4-5,14-20H2,1-3H3,(H,41,55)(H,42,60)(H,43,56)(H,44,57)(H,45,58)(H,47,52)(H,53,54);4-12,26,30-31,36-37,40,43H,13-25H2,1-3H3,(H,38,44)(H,39,47)(H,41,48)(H,45,46);17,19,21-23,25,29H,6-16H2,1-5H3,(H,24,28)/t21-,22?,27+,28+,29+,30+,31?,34+,39+;26-,30+,31+;19-,21-/m110/s1. The smallest absolute Gasteiger partial charge is 0.305 e. The number of carboxylic acids is 2. The number of hydrogen-bond donors (Lipinski definition) is 25. The number of phenolic OH excluding ortho intramolecular Hbond substituents is 2. The van der Waals surface area contributed by atoms with Crippen LogP contribution in [0, 0.1) is 5.92 Å². The lowest BCUT2D eigenvalue weighted by Gasteiger charge is -2.30. The van der Waals surface area contributed by atoms with Crippen molar-refractivity contribution in [3.8, 4) is 22.6 Å². The normalized spacial score (nSPS) is 19.1. The van der Waals surface area contributed by atoms with Gasteiger partial charge < -0.3 is 134 Å². The first kappa shape index (κ1) is 125. The van der Waals surface area contributed by atoms with E-state index in [0.717, 1.165) is 82.0 Å². The van der Waals surface area contributed by atoms with E-state index in [0.29, 0.717) is 82.5 Å². The number of carbonyl (C=O) groups excluding carboxylic acids is 11. The third-order valence-electron chi connectivity index (χ3n) is 22.2. The Kier molecular flexibility index (Phi) is 63.1. The van der Waals surface area contributed by atoms with Gasteiger partial charge in [0.1, 0.15) is 66.2 Å². The van der Waals surface area contributed by atoms with Crippen molar-refractivity contribution in [2.75, 3.05) is 198 Å². The lowest BCUT2D eigenvalue weighted by molar-refractivity contribution is -0.141. The van der Waals surface area contributed by atoms with Gasteiger partial charge in [-0.15, -0.1) is 0 Å². The van der Waals surface area contributed by atoms with E-state index < -0.39 is 152 Å². The molecule has 14 atom stereocenters. The predicted octanol–water partition coefficient (Wildman–Crippen LogP) is -3.99. The number of nitrogens with one attached hydrogen (secondary N) is 17. The van der Waals surface area contributed by atoms with Crippen LogP contribution in [0.3, 0.4) is 0 Å². The molecule has 45 nitrogen and oxygen atoms in total. The van der Waals surface area contributed by atoms with Crippen LogP contribution in [0.25, 0.3) is 11.1 Å². The fraction of sp³-hybridized carbons (Fsp3) is 0.615. The Labute approximate surface area is 845 Å². The second-order valence-electron chi connectivity index (χ2n) is 35.0. The zero-order valence-electron chi connectivity index (χ0n) is 84.0. The Morgan fingerprint density at radius 3 is 1.48 bits per heavy atom. The van der Waals surface area contributed by atoms with Crippen LogP contribution >= 0.6 is 21.6 Å². The van der Waals surface area contributed by atoms with E-state index in [9.17, 15) is 103 Å². The van der Waals surface area contributed by atoms with Crippen LogP contribution in [0.2, 0.25) is 0 Å². The van der Waals surface area contributed by atoms with E-state index >= 15 is 0 Å². The third kappa shape index (κ3) is 54.5. The van der Waals surface area contributed by atoms with Gasteiger partial charge in [0.2, 0.25) is 59.1 Å². The van der Waals surface area contributed by atoms with Crippen molar-refractivity contribution in [3.05, 3.63) is 120 Å². The number of carbonyl (C=O) groups is 13. The quantitative estimate of drug-likeness (QED) is 0.0114. The fourth-order valence-electron chi connectivity index (χ4n) is 14.5. The number of benzene rings is 4. The van der Waals surface area contributed by atoms with Gasteiger partial charge in [0, 0.05) is 108 Å². The van der Waals surface area contributed by atoms with E-state index in [4.69, 9.17) is 18.9 Å². The summed E-state index contributed by atoms with van der Waals surface area (Å²) in [6.45, 7) is 20.2. The van der Waals surface area contributed by atoms with Gasteiger partial charge in [-0.25, -0.2) is 0 Å². The number of nitrogens with zero attached hydrogens (tertiary/aromatic N) is 3. The molecule has 2 heterocycles. The van der Waals surface area contributed by atoms with Gasteiger partial charge in [0.15, 0.2) is 0 Å². The monoisotopic (exact) mass is 2050 g/mol. The summed E-state index contributed by atoms with van der Waals surface area (Å²) in [5.41, 5.74) is 3.77. The maximum Gasteiger partial charge on any atom is 0.305 e. The number of hydrogen-bond acceptors (Lipinski definition) is 35. The highest BCUT2D eigenvalue weighted by Crippen LogP contribution is 2.26. The summed E-state index contributed by atoms with van der Waals surface area (Å²) in [5.74, 6) is -8.82. The highest BCUT2D eigenvalue weighted by Gasteiger charge is 2.38. The molecule has 0 aromatic heterocycles. The summed E-state index contributed by atoms with van der Waals surface area (Å²) < 4.78 is 21.8. The number of carboxylic acid groups (broad SMARTS) is 2. The molecule has 2 saturated heterocycles. The molecule has 4 aromatic carbocycles. The molecule has 0 aliphatic carbocycles. The SMILES string of the molecule is CC(O)[C@@H]1NC(=O)CNC(=O)[C@H](Cc2ccc(O)cc2)NC(=O)[C@H](Cc2ccc(O)cc2)NC(=O)[C@H](CC(=O)O)NC(=O)[C@@H](N[C@@H](O)C2CCCN2C)CSSC[C@@H](C)NC1=O.CNCCN(CCNC)CC(=O)NCCOCCOCCNC(=O)[C@H](CC(=O)O)NC(=O)[C@H](Cc1ccc(-c2ccccc2)cc1)N[C@@H](C)O.CNCCN(CCNC)CC(=O)NCCOCCOC[C@H](O)N[C@@H](CC(C)C)C(C)=O. The number of aromatic hydroxyl groups is 2. The number of ketones is 1. The molecule has 0 spiro atoms. The van der Waals surface area contributed by atoms with Crippen molar-refractivity contribution in [3.63, 3.8) is 0 Å². The van der Waals surface area contributed by atoms with E-state index in [1.807, 2.05) is 109 Å². The number of aliphatic hydroxyl groups excluding tert-OH is 4. The van der Waals surface area contributed by atoms with E-state index in [1.54, 1.807) is 6.92 Å². The summed E-state index contributed by atoms with van der Waals surface area (Å²) in [6, 6.07) is 18.1. The Morgan fingerprint density at radius 2 is 1.00 bits per heavy atom. The molecule has 4 aromatic rings. The number of aliphatic hydroxyl groups is 4. The molecule has 2 aliphatic rings. The van der Waals surface area contributed by atoms with E-state index in [-0.39, 0.29) is 105 Å². The summed E-state index contributed by atoms with van der Waals surface area (Å²) in [6.07, 6.45) is -4.08. The van der Waals surface area contributed by atoms with Crippen LogP contribution in [0.15, 0.2) is 103 Å². The van der Waals surface area contributed by atoms with Crippen LogP contribution in [-0.4, -0.2) is 415 Å². The largest absolute Gasteiger partial charge is 0.508 e. The molecule has 2 fully saturated rings. The lowest BCUT2D eigenvalue weighted by Crippen LogP contribution is -2.60. The van der Waals surface area contributed by atoms with Gasteiger partial charge in [-0.3, -0.25) is 93.0 Å². The Hall–Kier alpha value is -10.2. The second-order valence-corrected chi connectivity index (χ2v) is 37.6. The summed E-state index contributed by atoms with van der Waals surface area (Å²) in [7, 11) is 11.8. The Bertz CT molecular complexity index is 4380. The Balaban J connectivity index is 0.000000473. The molecule has 0 saturated carbocycles. The number of aliphatic carboxylic acids is 2. The second kappa shape index (κ2) is 72.1. The molecule has 25 N–H and O–H groups in total. The number of ether oxygens (including phenoxy) is 4. The van der Waals surface area contributed by atoms with Crippen molar-refractivity contribution in [1.29, 1.82) is 0 Å². The summed E-state index contributed by atoms with van der Waals surface area (Å²) in [4.78, 5) is 174. The first-order valence-corrected chi connectivity index (χ1v) is 50.6. The molecular weight excluding hydrogens is 1900 g/mol. The first-order valence-electron chi connectivity index (χ1n) is 48.2. The number of phenols is 2. The topological polar surface area (TPSA) is 635 Å². The molecule has 0 radical (unpaired) electrons. The van der Waals surface area contributed by atoms with Crippen LogP contribution in [0.4, 0.5) is 0 Å². The van der Waals surface area contributed by atoms with Gasteiger partial charge >= 0.3 is 11.9 Å². The van der Waals surface area contributed by atoms with Gasteiger partial charge in [-0.2, -0.15) is 0 Å². The molecule has 0 bridgehead atoms. The molecule has 47 heteroatoms. The van der Waals surface area contributed by atoms with Gasteiger partial charge in [0.05, 0.1) is 110 Å². The van der Waals surface area contributed by atoms with Crippen LogP contribution in [0.5, 0.6) is 11.5 Å². The molecule has 10 amide bonds. The number of likely N-dealkylation sites (tertiary alicyclic amines) is 1. The predicted molar refractivity (Wildman–Crippen MR) is 542 cm³/mol. The average molecular weight is 2050 g/mol. The maximum absolute atomic E-state index is 14.2. The zero-order chi connectivity index (χ0) is 106. The van der Waals surface area contributed by atoms with E-state index in [2.05, 4.69) is 100 Å². The Morgan fingerprint density at radius 1 is 0.517 bits per heavy atom. The highest BCUT2D eigenvalue weighted by molar-refractivity contribution is 8.76. The fourth-order valence-corrected chi connectivity index (χ4v) is 17.0. The molecule has 6 rings (SSSR count). The zero-order valence-corrected chi connectivity index (χ0v) is 85.6. The summed E-state index contributed by atoms with van der Waals surface area (Å²) >= 11 is 0. The number of amides is 10. The van der Waals surface area contributed by atoms with Crippen LogP contribution < -0.4 is 90.4 Å². The molecule has 2 unspecified atom stereocenters. The minimum Gasteiger partial charge on any atom is -0.508 e. The molecule has 143 heavy (non-hydrogen) atoms. The van der Waals surface area contributed by atoms with Crippen molar-refractivity contribution < 1.29 is 122 Å². The highest BCUT2D eigenvalue weighted by atomic mass is 33.1. The van der Waals surface area contributed by atoms with E-state index in [1.165, 1.54) is 90.9 Å². The average Bonchev–Trinajstić information content (AvgIpc) is 1.34. The maximum atomic E-state index is 14.2. The van der Waals surface area contributed by atoms with Crippen molar-refractivity contribution >= 4 is 98.4 Å². The number of rotatable bonds is 58. The number of Topliss-reactive ketones (excluding diaryl/α,β-unsaturated/α-hetero) is 1. The first-order chi connectivity index (χ1) is 68.3.